The van der Waals surface area contributed by atoms with Crippen molar-refractivity contribution in [2.75, 3.05) is 5.75 Å². The summed E-state index contributed by atoms with van der Waals surface area (Å²) in [6, 6.07) is 4.95. The molecule has 102 valence electrons. The van der Waals surface area contributed by atoms with E-state index in [-0.39, 0.29) is 5.02 Å². The van der Waals surface area contributed by atoms with Crippen LogP contribution in [0.2, 0.25) is 5.02 Å². The van der Waals surface area contributed by atoms with Crippen LogP contribution in [0, 0.1) is 0 Å². The maximum absolute atomic E-state index is 12.2. The predicted molar refractivity (Wildman–Crippen MR) is 64.9 cm³/mol. The highest BCUT2D eigenvalue weighted by atomic mass is 35.5. The van der Waals surface area contributed by atoms with E-state index in [0.29, 0.717) is 10.9 Å². The van der Waals surface area contributed by atoms with Crippen molar-refractivity contribution in [1.29, 1.82) is 0 Å². The molecule has 0 aliphatic rings. The van der Waals surface area contributed by atoms with Gasteiger partial charge in [-0.25, -0.2) is 8.42 Å². The van der Waals surface area contributed by atoms with Gasteiger partial charge in [0.05, 0.1) is 15.4 Å². The van der Waals surface area contributed by atoms with Crippen LogP contribution in [-0.2, 0) is 9.84 Å². The Balaban J connectivity index is 2.55. The lowest BCUT2D eigenvalue weighted by Crippen LogP contribution is -2.22. The molecule has 0 unspecified atom stereocenters. The highest BCUT2D eigenvalue weighted by Crippen LogP contribution is 2.27. The van der Waals surface area contributed by atoms with Crippen LogP contribution in [0.3, 0.4) is 0 Å². The van der Waals surface area contributed by atoms with E-state index in [9.17, 15) is 21.6 Å². The number of aromatic nitrogens is 1. The molecular formula is C11H7ClF3NO2S. The molecule has 0 saturated heterocycles. The van der Waals surface area contributed by atoms with Crippen LogP contribution in [0.5, 0.6) is 0 Å². The zero-order valence-corrected chi connectivity index (χ0v) is 10.9. The number of alkyl halides is 3. The van der Waals surface area contributed by atoms with Crippen LogP contribution in [0.4, 0.5) is 13.2 Å². The summed E-state index contributed by atoms with van der Waals surface area (Å²) in [6.07, 6.45) is -3.36. The first-order valence-electron chi connectivity index (χ1n) is 5.03. The van der Waals surface area contributed by atoms with Crippen molar-refractivity contribution in [2.24, 2.45) is 0 Å². The summed E-state index contributed by atoms with van der Waals surface area (Å²) in [5.41, 5.74) is 0.415. The van der Waals surface area contributed by atoms with Gasteiger partial charge in [-0.15, -0.1) is 0 Å². The summed E-state index contributed by atoms with van der Waals surface area (Å²) < 4.78 is 59.9. The number of hydrogen-bond donors (Lipinski definition) is 0. The summed E-state index contributed by atoms with van der Waals surface area (Å²) >= 11 is 5.86. The van der Waals surface area contributed by atoms with E-state index in [1.807, 2.05) is 0 Å². The first-order valence-corrected chi connectivity index (χ1v) is 7.06. The third kappa shape index (κ3) is 3.16. The number of rotatable bonds is 2. The highest BCUT2D eigenvalue weighted by Gasteiger charge is 2.36. The first kappa shape index (κ1) is 14.1. The zero-order chi connectivity index (χ0) is 14.3. The third-order valence-electron chi connectivity index (χ3n) is 2.37. The summed E-state index contributed by atoms with van der Waals surface area (Å²) in [7, 11) is -4.44. The van der Waals surface area contributed by atoms with Crippen LogP contribution in [-0.4, -0.2) is 25.3 Å². The Hall–Kier alpha value is -1.34. The Morgan fingerprint density at radius 3 is 2.53 bits per heavy atom. The first-order chi connectivity index (χ1) is 8.69. The van der Waals surface area contributed by atoms with Gasteiger partial charge in [0.15, 0.2) is 15.6 Å². The number of hydrogen-bond acceptors (Lipinski definition) is 3. The number of pyridine rings is 1. The SMILES string of the molecule is O=S(=O)(CC(F)(F)F)c1ccc2nccc(Cl)c2c1. The number of benzene rings is 1. The lowest BCUT2D eigenvalue weighted by atomic mass is 10.2. The second-order valence-electron chi connectivity index (χ2n) is 3.85. The minimum Gasteiger partial charge on any atom is -0.256 e. The van der Waals surface area contributed by atoms with Crippen molar-refractivity contribution < 1.29 is 21.6 Å². The van der Waals surface area contributed by atoms with Crippen LogP contribution in [0.25, 0.3) is 10.9 Å². The van der Waals surface area contributed by atoms with E-state index in [1.165, 1.54) is 18.3 Å². The standard InChI is InChI=1S/C11H7ClF3NO2S/c12-9-3-4-16-10-2-1-7(5-8(9)10)19(17,18)6-11(13,14)15/h1-5H,6H2. The van der Waals surface area contributed by atoms with Crippen molar-refractivity contribution >= 4 is 32.3 Å². The van der Waals surface area contributed by atoms with Crippen molar-refractivity contribution in [3.8, 4) is 0 Å². The largest absolute Gasteiger partial charge is 0.403 e. The van der Waals surface area contributed by atoms with E-state index in [0.717, 1.165) is 12.1 Å². The summed E-state index contributed by atoms with van der Waals surface area (Å²) in [4.78, 5) is 3.51. The number of fused-ring (bicyclic) bond motifs is 1. The minimum atomic E-state index is -4.79. The predicted octanol–water partition coefficient (Wildman–Crippen LogP) is 3.22. The molecule has 19 heavy (non-hydrogen) atoms. The Kier molecular flexibility index (Phi) is 3.44. The molecule has 0 atom stereocenters. The normalized spacial score (nSPS) is 12.8. The van der Waals surface area contributed by atoms with Gasteiger partial charge in [-0.1, -0.05) is 11.6 Å². The molecule has 0 radical (unpaired) electrons. The summed E-state index contributed by atoms with van der Waals surface area (Å²) in [5.74, 6) is -1.90. The molecule has 1 aromatic heterocycles. The van der Waals surface area contributed by atoms with E-state index in [2.05, 4.69) is 4.98 Å². The Morgan fingerprint density at radius 1 is 1.21 bits per heavy atom. The fraction of sp³-hybridized carbons (Fsp3) is 0.182. The van der Waals surface area contributed by atoms with Gasteiger partial charge < -0.3 is 0 Å². The van der Waals surface area contributed by atoms with Crippen molar-refractivity contribution in [1.82, 2.24) is 4.98 Å². The fourth-order valence-electron chi connectivity index (χ4n) is 1.58. The molecule has 1 heterocycles. The number of sulfone groups is 1. The second-order valence-corrected chi connectivity index (χ2v) is 6.24. The lowest BCUT2D eigenvalue weighted by Gasteiger charge is -2.08. The van der Waals surface area contributed by atoms with E-state index in [1.54, 1.807) is 0 Å². The van der Waals surface area contributed by atoms with E-state index >= 15 is 0 Å². The molecule has 2 aromatic rings. The second kappa shape index (κ2) is 4.64. The molecule has 0 amide bonds. The van der Waals surface area contributed by atoms with Gasteiger partial charge in [0, 0.05) is 11.6 Å². The maximum atomic E-state index is 12.2. The molecular weight excluding hydrogens is 303 g/mol. The summed E-state index contributed by atoms with van der Waals surface area (Å²) in [6.45, 7) is 0. The van der Waals surface area contributed by atoms with Crippen molar-refractivity contribution in [2.45, 2.75) is 11.1 Å². The van der Waals surface area contributed by atoms with Crippen molar-refractivity contribution in [3.63, 3.8) is 0 Å². The Morgan fingerprint density at radius 2 is 1.89 bits per heavy atom. The Labute approximate surface area is 111 Å². The molecule has 3 nitrogen and oxygen atoms in total. The molecule has 8 heteroatoms. The molecule has 2 rings (SSSR count). The van der Waals surface area contributed by atoms with Gasteiger partial charge in [0.2, 0.25) is 0 Å². The average Bonchev–Trinajstić information content (AvgIpc) is 2.26. The highest BCUT2D eigenvalue weighted by molar-refractivity contribution is 7.91. The molecule has 0 saturated carbocycles. The van der Waals surface area contributed by atoms with Crippen LogP contribution < -0.4 is 0 Å². The van der Waals surface area contributed by atoms with Crippen LogP contribution in [0.15, 0.2) is 35.4 Å². The van der Waals surface area contributed by atoms with Gasteiger partial charge in [0.1, 0.15) is 0 Å². The fourth-order valence-corrected chi connectivity index (χ4v) is 2.96. The van der Waals surface area contributed by atoms with Gasteiger partial charge in [-0.2, -0.15) is 13.2 Å². The van der Waals surface area contributed by atoms with Gasteiger partial charge >= 0.3 is 6.18 Å². The molecule has 0 bridgehead atoms. The summed E-state index contributed by atoms with van der Waals surface area (Å²) in [5, 5.41) is 0.529. The molecule has 0 aliphatic carbocycles. The van der Waals surface area contributed by atoms with Gasteiger partial charge in [-0.3, -0.25) is 4.98 Å². The molecule has 0 aliphatic heterocycles. The molecule has 0 N–H and O–H groups in total. The number of nitrogens with zero attached hydrogens (tertiary/aromatic N) is 1. The third-order valence-corrected chi connectivity index (χ3v) is 4.38. The smallest absolute Gasteiger partial charge is 0.256 e. The van der Waals surface area contributed by atoms with E-state index < -0.39 is 26.7 Å². The van der Waals surface area contributed by atoms with Gasteiger partial charge in [0.25, 0.3) is 0 Å². The topological polar surface area (TPSA) is 47.0 Å². The Bertz CT molecular complexity index is 728. The minimum absolute atomic E-state index is 0.231. The maximum Gasteiger partial charge on any atom is 0.403 e. The monoisotopic (exact) mass is 309 g/mol. The van der Waals surface area contributed by atoms with Crippen LogP contribution >= 0.6 is 11.6 Å². The average molecular weight is 310 g/mol. The quantitative estimate of drug-likeness (QED) is 0.855. The zero-order valence-electron chi connectivity index (χ0n) is 9.28. The molecule has 0 spiro atoms. The van der Waals surface area contributed by atoms with Crippen molar-refractivity contribution in [3.05, 3.63) is 35.5 Å². The van der Waals surface area contributed by atoms with Gasteiger partial charge in [-0.05, 0) is 24.3 Å². The lowest BCUT2D eigenvalue weighted by molar-refractivity contribution is -0.106. The van der Waals surface area contributed by atoms with E-state index in [4.69, 9.17) is 11.6 Å². The van der Waals surface area contributed by atoms with Crippen LogP contribution in [0.1, 0.15) is 0 Å². The molecule has 1 aromatic carbocycles. The number of halogens is 4. The molecule has 0 fully saturated rings.